The van der Waals surface area contributed by atoms with Gasteiger partial charge in [-0.15, -0.1) is 0 Å². The van der Waals surface area contributed by atoms with Crippen molar-refractivity contribution in [3.05, 3.63) is 35.9 Å². The lowest BCUT2D eigenvalue weighted by Gasteiger charge is -2.20. The SMILES string of the molecule is CCCCNC(=O)OC[C@@H](NC(=O)C(C)C)c1ccccc1. The van der Waals surface area contributed by atoms with Crippen LogP contribution in [0.15, 0.2) is 30.3 Å². The fourth-order valence-corrected chi connectivity index (χ4v) is 1.82. The Kier molecular flexibility index (Phi) is 8.04. The highest BCUT2D eigenvalue weighted by molar-refractivity contribution is 5.78. The van der Waals surface area contributed by atoms with E-state index in [4.69, 9.17) is 4.74 Å². The van der Waals surface area contributed by atoms with Gasteiger partial charge >= 0.3 is 6.09 Å². The number of nitrogens with one attached hydrogen (secondary N) is 2. The summed E-state index contributed by atoms with van der Waals surface area (Å²) in [5.41, 5.74) is 0.915. The molecule has 0 radical (unpaired) electrons. The summed E-state index contributed by atoms with van der Waals surface area (Å²) in [6, 6.07) is 9.17. The predicted molar refractivity (Wildman–Crippen MR) is 86.4 cm³/mol. The smallest absolute Gasteiger partial charge is 0.407 e. The fourth-order valence-electron chi connectivity index (χ4n) is 1.82. The Balaban J connectivity index is 2.59. The largest absolute Gasteiger partial charge is 0.447 e. The number of hydrogen-bond acceptors (Lipinski definition) is 3. The third kappa shape index (κ3) is 6.61. The van der Waals surface area contributed by atoms with E-state index in [1.54, 1.807) is 0 Å². The number of hydrogen-bond donors (Lipinski definition) is 2. The molecule has 1 atom stereocenters. The molecule has 1 aromatic carbocycles. The first-order valence-corrected chi connectivity index (χ1v) is 7.80. The molecule has 0 aliphatic carbocycles. The minimum atomic E-state index is -0.451. The summed E-state index contributed by atoms with van der Waals surface area (Å²) in [7, 11) is 0. The van der Waals surface area contributed by atoms with Crippen LogP contribution in [-0.2, 0) is 9.53 Å². The van der Waals surface area contributed by atoms with Crippen LogP contribution in [0.3, 0.4) is 0 Å². The normalized spacial score (nSPS) is 11.8. The number of rotatable bonds is 8. The molecule has 0 heterocycles. The third-order valence-corrected chi connectivity index (χ3v) is 3.22. The van der Waals surface area contributed by atoms with Gasteiger partial charge in [-0.25, -0.2) is 4.79 Å². The molecular weight excluding hydrogens is 280 g/mol. The summed E-state index contributed by atoms with van der Waals surface area (Å²) >= 11 is 0. The average Bonchev–Trinajstić information content (AvgIpc) is 2.52. The molecule has 5 heteroatoms. The van der Waals surface area contributed by atoms with Crippen molar-refractivity contribution in [1.82, 2.24) is 10.6 Å². The van der Waals surface area contributed by atoms with Gasteiger partial charge in [0.1, 0.15) is 6.61 Å². The molecule has 0 aromatic heterocycles. The van der Waals surface area contributed by atoms with Gasteiger partial charge in [-0.2, -0.15) is 0 Å². The number of ether oxygens (including phenoxy) is 1. The zero-order valence-corrected chi connectivity index (χ0v) is 13.6. The monoisotopic (exact) mass is 306 g/mol. The van der Waals surface area contributed by atoms with Gasteiger partial charge in [0.2, 0.25) is 5.91 Å². The molecule has 2 N–H and O–H groups in total. The van der Waals surface area contributed by atoms with E-state index in [-0.39, 0.29) is 24.5 Å². The highest BCUT2D eigenvalue weighted by Gasteiger charge is 2.18. The second-order valence-electron chi connectivity index (χ2n) is 5.51. The Morgan fingerprint density at radius 3 is 2.45 bits per heavy atom. The van der Waals surface area contributed by atoms with Crippen LogP contribution in [0.2, 0.25) is 0 Å². The van der Waals surface area contributed by atoms with Crippen molar-refractivity contribution in [2.24, 2.45) is 5.92 Å². The summed E-state index contributed by atoms with van der Waals surface area (Å²) < 4.78 is 5.22. The minimum absolute atomic E-state index is 0.0659. The van der Waals surface area contributed by atoms with E-state index in [0.29, 0.717) is 6.54 Å². The number of carbonyl (C=O) groups is 2. The van der Waals surface area contributed by atoms with Gasteiger partial charge in [-0.05, 0) is 12.0 Å². The summed E-state index contributed by atoms with van der Waals surface area (Å²) in [4.78, 5) is 23.5. The molecule has 5 nitrogen and oxygen atoms in total. The van der Waals surface area contributed by atoms with Crippen LogP contribution < -0.4 is 10.6 Å². The second-order valence-corrected chi connectivity index (χ2v) is 5.51. The lowest BCUT2D eigenvalue weighted by Crippen LogP contribution is -2.36. The van der Waals surface area contributed by atoms with Crippen molar-refractivity contribution in [3.63, 3.8) is 0 Å². The molecule has 0 saturated heterocycles. The van der Waals surface area contributed by atoms with Crippen molar-refractivity contribution in [2.75, 3.05) is 13.2 Å². The van der Waals surface area contributed by atoms with Crippen LogP contribution in [0, 0.1) is 5.92 Å². The molecule has 1 rings (SSSR count). The van der Waals surface area contributed by atoms with Crippen molar-refractivity contribution >= 4 is 12.0 Å². The number of carbonyl (C=O) groups excluding carboxylic acids is 2. The van der Waals surface area contributed by atoms with Crippen molar-refractivity contribution < 1.29 is 14.3 Å². The van der Waals surface area contributed by atoms with E-state index in [1.807, 2.05) is 44.2 Å². The quantitative estimate of drug-likeness (QED) is 0.725. The number of alkyl carbamates (subject to hydrolysis) is 1. The number of unbranched alkanes of at least 4 members (excludes halogenated alkanes) is 1. The van der Waals surface area contributed by atoms with Crippen molar-refractivity contribution in [2.45, 2.75) is 39.7 Å². The van der Waals surface area contributed by atoms with Gasteiger partial charge in [0.15, 0.2) is 0 Å². The van der Waals surface area contributed by atoms with E-state index >= 15 is 0 Å². The van der Waals surface area contributed by atoms with Crippen LogP contribution in [-0.4, -0.2) is 25.2 Å². The fraction of sp³-hybridized carbons (Fsp3) is 0.529. The molecule has 2 amide bonds. The van der Waals surface area contributed by atoms with Crippen molar-refractivity contribution in [3.8, 4) is 0 Å². The van der Waals surface area contributed by atoms with Crippen LogP contribution in [0.5, 0.6) is 0 Å². The Hall–Kier alpha value is -2.04. The summed E-state index contributed by atoms with van der Waals surface area (Å²) in [5, 5.41) is 5.60. The molecule has 0 aliphatic rings. The molecule has 122 valence electrons. The van der Waals surface area contributed by atoms with Crippen molar-refractivity contribution in [1.29, 1.82) is 0 Å². The Labute approximate surface area is 132 Å². The zero-order valence-electron chi connectivity index (χ0n) is 13.6. The zero-order chi connectivity index (χ0) is 16.4. The first kappa shape index (κ1) is 18.0. The highest BCUT2D eigenvalue weighted by Crippen LogP contribution is 2.14. The van der Waals surface area contributed by atoms with Gasteiger partial charge in [-0.1, -0.05) is 57.5 Å². The van der Waals surface area contributed by atoms with Gasteiger partial charge in [0.25, 0.3) is 0 Å². The molecule has 0 unspecified atom stereocenters. The number of amides is 2. The predicted octanol–water partition coefficient (Wildman–Crippen LogP) is 3.03. The van der Waals surface area contributed by atoms with E-state index in [2.05, 4.69) is 17.6 Å². The van der Waals surface area contributed by atoms with E-state index in [0.717, 1.165) is 18.4 Å². The standard InChI is InChI=1S/C17H26N2O3/c1-4-5-11-18-17(21)22-12-15(19-16(20)13(2)3)14-9-7-6-8-10-14/h6-10,13,15H,4-5,11-12H2,1-3H3,(H,18,21)(H,19,20)/t15-/m1/s1. The molecular formula is C17H26N2O3. The van der Waals surface area contributed by atoms with E-state index < -0.39 is 6.09 Å². The maximum atomic E-state index is 11.9. The summed E-state index contributed by atoms with van der Waals surface area (Å²) in [6.45, 7) is 6.43. The maximum Gasteiger partial charge on any atom is 0.407 e. The molecule has 0 bridgehead atoms. The molecule has 22 heavy (non-hydrogen) atoms. The van der Waals surface area contributed by atoms with Gasteiger partial charge in [0.05, 0.1) is 6.04 Å². The van der Waals surface area contributed by atoms with Gasteiger partial charge < -0.3 is 15.4 Å². The molecule has 0 saturated carbocycles. The van der Waals surface area contributed by atoms with Gasteiger partial charge in [0, 0.05) is 12.5 Å². The second kappa shape index (κ2) is 9.82. The lowest BCUT2D eigenvalue weighted by molar-refractivity contribution is -0.125. The topological polar surface area (TPSA) is 67.4 Å². The van der Waals surface area contributed by atoms with Crippen LogP contribution in [0.25, 0.3) is 0 Å². The molecule has 0 fully saturated rings. The molecule has 0 aliphatic heterocycles. The number of benzene rings is 1. The highest BCUT2D eigenvalue weighted by atomic mass is 16.5. The Morgan fingerprint density at radius 2 is 1.86 bits per heavy atom. The van der Waals surface area contributed by atoms with Crippen LogP contribution in [0.4, 0.5) is 4.79 Å². The van der Waals surface area contributed by atoms with Crippen LogP contribution in [0.1, 0.15) is 45.2 Å². The average molecular weight is 306 g/mol. The minimum Gasteiger partial charge on any atom is -0.447 e. The van der Waals surface area contributed by atoms with E-state index in [9.17, 15) is 9.59 Å². The molecule has 1 aromatic rings. The first-order chi connectivity index (χ1) is 10.5. The Bertz CT molecular complexity index is 460. The third-order valence-electron chi connectivity index (χ3n) is 3.22. The maximum absolute atomic E-state index is 11.9. The molecule has 0 spiro atoms. The summed E-state index contributed by atoms with van der Waals surface area (Å²) in [6.07, 6.45) is 1.48. The summed E-state index contributed by atoms with van der Waals surface area (Å²) in [5.74, 6) is -0.187. The van der Waals surface area contributed by atoms with E-state index in [1.165, 1.54) is 0 Å². The Morgan fingerprint density at radius 1 is 1.18 bits per heavy atom. The first-order valence-electron chi connectivity index (χ1n) is 7.80. The van der Waals surface area contributed by atoms with Gasteiger partial charge in [-0.3, -0.25) is 4.79 Å². The lowest BCUT2D eigenvalue weighted by atomic mass is 10.1. The van der Waals surface area contributed by atoms with Crippen LogP contribution >= 0.6 is 0 Å².